The number of methoxy groups -OCH3 is 1. The van der Waals surface area contributed by atoms with Gasteiger partial charge in [-0.05, 0) is 49.6 Å². The monoisotopic (exact) mass is 313 g/mol. The van der Waals surface area contributed by atoms with Gasteiger partial charge in [-0.15, -0.1) is 0 Å². The summed E-state index contributed by atoms with van der Waals surface area (Å²) in [5, 5.41) is 3.44. The zero-order chi connectivity index (χ0) is 13.4. The molecule has 1 rings (SSSR count). The summed E-state index contributed by atoms with van der Waals surface area (Å²) in [5.41, 5.74) is 1.30. The van der Waals surface area contributed by atoms with E-state index in [0.717, 1.165) is 23.2 Å². The van der Waals surface area contributed by atoms with Crippen LogP contribution in [0.3, 0.4) is 0 Å². The Labute approximate surface area is 119 Å². The van der Waals surface area contributed by atoms with Crippen LogP contribution in [0.1, 0.15) is 38.7 Å². The Hall–Kier alpha value is -0.540. The Morgan fingerprint density at radius 1 is 1.22 bits per heavy atom. The Balaban J connectivity index is 2.28. The Morgan fingerprint density at radius 3 is 2.67 bits per heavy atom. The molecule has 0 fully saturated rings. The van der Waals surface area contributed by atoms with E-state index in [1.807, 2.05) is 12.1 Å². The van der Waals surface area contributed by atoms with Crippen LogP contribution in [0.4, 0.5) is 0 Å². The summed E-state index contributed by atoms with van der Waals surface area (Å²) in [6.07, 6.45) is 4.81. The van der Waals surface area contributed by atoms with Crippen molar-refractivity contribution in [3.63, 3.8) is 0 Å². The van der Waals surface area contributed by atoms with Crippen LogP contribution in [-0.4, -0.2) is 19.7 Å². The van der Waals surface area contributed by atoms with Crippen molar-refractivity contribution in [2.75, 3.05) is 13.7 Å². The molecule has 0 unspecified atom stereocenters. The Bertz CT molecular complexity index is 352. The molecular formula is C15H24BrNO. The minimum absolute atomic E-state index is 0.593. The molecule has 2 nitrogen and oxygen atoms in total. The second-order valence-electron chi connectivity index (χ2n) is 4.88. The first-order chi connectivity index (χ1) is 8.63. The van der Waals surface area contributed by atoms with Gasteiger partial charge >= 0.3 is 0 Å². The van der Waals surface area contributed by atoms with E-state index in [9.17, 15) is 0 Å². The lowest BCUT2D eigenvalue weighted by Gasteiger charge is -2.10. The van der Waals surface area contributed by atoms with Gasteiger partial charge in [-0.2, -0.15) is 0 Å². The largest absolute Gasteiger partial charge is 0.496 e. The number of ether oxygens (including phenoxy) is 1. The summed E-state index contributed by atoms with van der Waals surface area (Å²) in [4.78, 5) is 0. The highest BCUT2D eigenvalue weighted by molar-refractivity contribution is 9.10. The first-order valence-electron chi connectivity index (χ1n) is 6.69. The van der Waals surface area contributed by atoms with Crippen molar-refractivity contribution in [1.82, 2.24) is 5.32 Å². The maximum absolute atomic E-state index is 5.38. The van der Waals surface area contributed by atoms with Gasteiger partial charge in [0.05, 0.1) is 7.11 Å². The summed E-state index contributed by atoms with van der Waals surface area (Å²) in [7, 11) is 1.74. The zero-order valence-electron chi connectivity index (χ0n) is 11.6. The smallest absolute Gasteiger partial charge is 0.122 e. The predicted molar refractivity (Wildman–Crippen MR) is 81.4 cm³/mol. The van der Waals surface area contributed by atoms with E-state index >= 15 is 0 Å². The number of hydrogen-bond acceptors (Lipinski definition) is 2. The number of aryl methyl sites for hydroxylation is 1. The molecule has 0 amide bonds. The summed E-state index contributed by atoms with van der Waals surface area (Å²) < 4.78 is 6.50. The third-order valence-electron chi connectivity index (χ3n) is 2.92. The van der Waals surface area contributed by atoms with Crippen molar-refractivity contribution >= 4 is 15.9 Å². The van der Waals surface area contributed by atoms with Gasteiger partial charge in [-0.1, -0.05) is 36.2 Å². The molecule has 0 spiro atoms. The number of rotatable bonds is 8. The highest BCUT2D eigenvalue weighted by Crippen LogP contribution is 2.24. The van der Waals surface area contributed by atoms with Gasteiger partial charge in [0.2, 0.25) is 0 Å². The highest BCUT2D eigenvalue weighted by Gasteiger charge is 2.03. The van der Waals surface area contributed by atoms with Crippen LogP contribution in [-0.2, 0) is 6.42 Å². The fourth-order valence-electron chi connectivity index (χ4n) is 1.95. The number of unbranched alkanes of at least 4 members (excludes halogenated alkanes) is 2. The molecule has 1 aromatic rings. The van der Waals surface area contributed by atoms with Gasteiger partial charge < -0.3 is 10.1 Å². The van der Waals surface area contributed by atoms with Crippen LogP contribution < -0.4 is 10.1 Å². The van der Waals surface area contributed by atoms with E-state index in [4.69, 9.17) is 4.74 Å². The average molecular weight is 314 g/mol. The average Bonchev–Trinajstić information content (AvgIpc) is 2.33. The van der Waals surface area contributed by atoms with Crippen molar-refractivity contribution in [1.29, 1.82) is 0 Å². The van der Waals surface area contributed by atoms with E-state index in [1.165, 1.54) is 24.8 Å². The van der Waals surface area contributed by atoms with Crippen LogP contribution in [0.25, 0.3) is 0 Å². The number of nitrogens with one attached hydrogen (secondary N) is 1. The van der Waals surface area contributed by atoms with Gasteiger partial charge in [0.25, 0.3) is 0 Å². The van der Waals surface area contributed by atoms with Crippen LogP contribution in [0.5, 0.6) is 5.75 Å². The maximum Gasteiger partial charge on any atom is 0.122 e. The van der Waals surface area contributed by atoms with Crippen molar-refractivity contribution in [2.24, 2.45) is 0 Å². The van der Waals surface area contributed by atoms with Gasteiger partial charge in [0.15, 0.2) is 0 Å². The molecule has 0 atom stereocenters. The van der Waals surface area contributed by atoms with Crippen molar-refractivity contribution in [2.45, 2.75) is 45.6 Å². The van der Waals surface area contributed by atoms with E-state index in [2.05, 4.69) is 41.2 Å². The van der Waals surface area contributed by atoms with E-state index in [-0.39, 0.29) is 0 Å². The van der Waals surface area contributed by atoms with Crippen molar-refractivity contribution in [3.05, 3.63) is 28.2 Å². The molecule has 0 bridgehead atoms. The summed E-state index contributed by atoms with van der Waals surface area (Å²) in [5.74, 6) is 0.999. The molecule has 1 N–H and O–H groups in total. The number of hydrogen-bond donors (Lipinski definition) is 1. The first kappa shape index (κ1) is 15.5. The van der Waals surface area contributed by atoms with E-state index in [1.54, 1.807) is 7.11 Å². The normalized spacial score (nSPS) is 10.9. The SMILES string of the molecule is COc1ccc(Br)cc1CCCCCNC(C)C. The van der Waals surface area contributed by atoms with Gasteiger partial charge in [-0.25, -0.2) is 0 Å². The van der Waals surface area contributed by atoms with Gasteiger partial charge in [0, 0.05) is 10.5 Å². The standard InChI is InChI=1S/C15H24BrNO/c1-12(2)17-10-6-4-5-7-13-11-14(16)8-9-15(13)18-3/h8-9,11-12,17H,4-7,10H2,1-3H3. The predicted octanol–water partition coefficient (Wildman–Crippen LogP) is 4.17. The van der Waals surface area contributed by atoms with E-state index < -0.39 is 0 Å². The van der Waals surface area contributed by atoms with Gasteiger partial charge in [0.1, 0.15) is 5.75 Å². The lowest BCUT2D eigenvalue weighted by atomic mass is 10.1. The highest BCUT2D eigenvalue weighted by atomic mass is 79.9. The molecule has 0 aromatic heterocycles. The molecule has 0 aliphatic rings. The van der Waals surface area contributed by atoms with E-state index in [0.29, 0.717) is 6.04 Å². The van der Waals surface area contributed by atoms with Crippen molar-refractivity contribution in [3.8, 4) is 5.75 Å². The molecule has 18 heavy (non-hydrogen) atoms. The second kappa shape index (κ2) is 8.54. The lowest BCUT2D eigenvalue weighted by Crippen LogP contribution is -2.23. The lowest BCUT2D eigenvalue weighted by molar-refractivity contribution is 0.408. The van der Waals surface area contributed by atoms with Crippen LogP contribution in [0.15, 0.2) is 22.7 Å². The quantitative estimate of drug-likeness (QED) is 0.727. The molecule has 0 heterocycles. The van der Waals surface area contributed by atoms with Crippen LogP contribution in [0.2, 0.25) is 0 Å². The molecule has 0 aliphatic carbocycles. The number of halogens is 1. The third kappa shape index (κ3) is 5.87. The number of benzene rings is 1. The zero-order valence-corrected chi connectivity index (χ0v) is 13.2. The molecule has 102 valence electrons. The summed E-state index contributed by atoms with van der Waals surface area (Å²) in [6.45, 7) is 5.49. The minimum atomic E-state index is 0.593. The van der Waals surface area contributed by atoms with Crippen LogP contribution >= 0.6 is 15.9 Å². The third-order valence-corrected chi connectivity index (χ3v) is 3.41. The first-order valence-corrected chi connectivity index (χ1v) is 7.48. The molecule has 1 aromatic carbocycles. The Kier molecular flexibility index (Phi) is 7.36. The fraction of sp³-hybridized carbons (Fsp3) is 0.600. The molecular weight excluding hydrogens is 290 g/mol. The molecule has 0 aliphatic heterocycles. The second-order valence-corrected chi connectivity index (χ2v) is 5.79. The van der Waals surface area contributed by atoms with Crippen LogP contribution in [0, 0.1) is 0 Å². The topological polar surface area (TPSA) is 21.3 Å². The molecule has 0 saturated heterocycles. The molecule has 3 heteroatoms. The minimum Gasteiger partial charge on any atom is -0.496 e. The maximum atomic E-state index is 5.38. The summed E-state index contributed by atoms with van der Waals surface area (Å²) in [6, 6.07) is 6.80. The molecule has 0 saturated carbocycles. The Morgan fingerprint density at radius 2 is 2.00 bits per heavy atom. The van der Waals surface area contributed by atoms with Gasteiger partial charge in [-0.3, -0.25) is 0 Å². The summed E-state index contributed by atoms with van der Waals surface area (Å²) >= 11 is 3.51. The molecule has 0 radical (unpaired) electrons. The van der Waals surface area contributed by atoms with Crippen molar-refractivity contribution < 1.29 is 4.74 Å². The fourth-order valence-corrected chi connectivity index (χ4v) is 2.36.